The molecule has 36 heavy (non-hydrogen) atoms. The summed E-state index contributed by atoms with van der Waals surface area (Å²) in [6.07, 6.45) is 47.4. The van der Waals surface area contributed by atoms with Gasteiger partial charge in [0.2, 0.25) is 0 Å². The van der Waals surface area contributed by atoms with E-state index in [9.17, 15) is 4.79 Å². The number of carbonyl (C=O) groups excluding carboxylic acids is 1. The highest BCUT2D eigenvalue weighted by atomic mass is 16.1. The third kappa shape index (κ3) is 33.1. The molecule has 0 atom stereocenters. The number of rotatable bonds is 30. The minimum absolute atomic E-state index is 0.345. The largest absolute Gasteiger partial charge is 0.300 e. The van der Waals surface area contributed by atoms with Gasteiger partial charge in [-0.3, -0.25) is 0 Å². The Morgan fingerprint density at radius 2 is 0.667 bits per heavy atom. The summed E-state index contributed by atoms with van der Waals surface area (Å²) in [5.74, 6) is 0.345. The zero-order valence-electron chi connectivity index (χ0n) is 25.0. The molecule has 1 heteroatoms. The first-order chi connectivity index (χ1) is 17.8. The summed E-state index contributed by atoms with van der Waals surface area (Å²) in [6, 6.07) is 0. The van der Waals surface area contributed by atoms with E-state index in [1.807, 2.05) is 0 Å². The smallest absolute Gasteiger partial charge is 0.129 e. The summed E-state index contributed by atoms with van der Waals surface area (Å²) in [5, 5.41) is 0. The van der Waals surface area contributed by atoms with Gasteiger partial charge in [0, 0.05) is 6.42 Å². The third-order valence-electron chi connectivity index (χ3n) is 7.45. The Hall–Kier alpha value is -0.850. The van der Waals surface area contributed by atoms with Crippen LogP contribution in [0.4, 0.5) is 0 Å². The normalized spacial score (nSPS) is 11.8. The van der Waals surface area contributed by atoms with Crippen LogP contribution in [0.25, 0.3) is 0 Å². The van der Waals surface area contributed by atoms with Crippen molar-refractivity contribution in [2.45, 2.75) is 194 Å². The van der Waals surface area contributed by atoms with Crippen LogP contribution in [0.1, 0.15) is 194 Å². The van der Waals surface area contributed by atoms with E-state index in [0.29, 0.717) is 5.78 Å². The number of unbranched alkanes of at least 4 members (excludes halogenated alkanes) is 24. The van der Waals surface area contributed by atoms with Gasteiger partial charge in [-0.15, -0.1) is 0 Å². The summed E-state index contributed by atoms with van der Waals surface area (Å²) in [7, 11) is 0. The lowest BCUT2D eigenvalue weighted by atomic mass is 10.0. The second kappa shape index (κ2) is 32.2. The second-order valence-electron chi connectivity index (χ2n) is 11.3. The van der Waals surface area contributed by atoms with Crippen LogP contribution in [-0.4, -0.2) is 5.78 Å². The third-order valence-corrected chi connectivity index (χ3v) is 7.45. The Kier molecular flexibility index (Phi) is 31.4. The molecule has 1 nitrogen and oxygen atoms in total. The van der Waals surface area contributed by atoms with E-state index in [2.05, 4.69) is 31.2 Å². The molecule has 0 bridgehead atoms. The van der Waals surface area contributed by atoms with Gasteiger partial charge < -0.3 is 4.79 Å². The van der Waals surface area contributed by atoms with Crippen LogP contribution >= 0.6 is 0 Å². The Balaban J connectivity index is 3.16. The molecular formula is C35H66O. The van der Waals surface area contributed by atoms with E-state index in [-0.39, 0.29) is 0 Å². The van der Waals surface area contributed by atoms with Gasteiger partial charge in [-0.1, -0.05) is 153 Å². The van der Waals surface area contributed by atoms with Crippen molar-refractivity contribution in [3.63, 3.8) is 0 Å². The van der Waals surface area contributed by atoms with Crippen LogP contribution in [0.5, 0.6) is 0 Å². The second-order valence-corrected chi connectivity index (χ2v) is 11.3. The minimum Gasteiger partial charge on any atom is -0.300 e. The molecule has 0 fully saturated rings. The molecule has 0 aliphatic heterocycles. The van der Waals surface area contributed by atoms with Crippen molar-refractivity contribution in [2.75, 3.05) is 0 Å². The van der Waals surface area contributed by atoms with Gasteiger partial charge >= 0.3 is 0 Å². The summed E-state index contributed by atoms with van der Waals surface area (Å²) in [5.41, 5.74) is 0. The molecule has 0 aromatic heterocycles. The Morgan fingerprint density at radius 3 is 1.00 bits per heavy atom. The maximum Gasteiger partial charge on any atom is 0.129 e. The summed E-state index contributed by atoms with van der Waals surface area (Å²) in [4.78, 5) is 10.9. The van der Waals surface area contributed by atoms with Crippen LogP contribution in [-0.2, 0) is 4.79 Å². The first-order valence-electron chi connectivity index (χ1n) is 16.6. The lowest BCUT2D eigenvalue weighted by molar-refractivity contribution is -0.117. The van der Waals surface area contributed by atoms with Crippen molar-refractivity contribution in [1.82, 2.24) is 0 Å². The number of hydrogen-bond acceptors (Lipinski definition) is 1. The van der Waals surface area contributed by atoms with Gasteiger partial charge in [-0.2, -0.15) is 0 Å². The van der Waals surface area contributed by atoms with Crippen molar-refractivity contribution >= 4 is 5.78 Å². The van der Waals surface area contributed by atoms with Crippen molar-refractivity contribution < 1.29 is 4.79 Å². The highest BCUT2D eigenvalue weighted by Gasteiger charge is 1.96. The SMILES string of the molecule is CCCCCCCCCCCCCC/C=C/CCC/C=C/CCCCCCCCCCCCC(C)=O. The van der Waals surface area contributed by atoms with Crippen molar-refractivity contribution in [3.05, 3.63) is 24.3 Å². The molecule has 0 unspecified atom stereocenters. The molecule has 0 aliphatic rings. The molecule has 0 saturated heterocycles. The molecule has 0 spiro atoms. The number of allylic oxidation sites excluding steroid dienone is 4. The zero-order valence-corrected chi connectivity index (χ0v) is 25.0. The molecule has 0 rings (SSSR count). The molecule has 0 heterocycles. The van der Waals surface area contributed by atoms with Crippen LogP contribution in [0, 0.1) is 0 Å². The summed E-state index contributed by atoms with van der Waals surface area (Å²) < 4.78 is 0. The van der Waals surface area contributed by atoms with E-state index in [1.165, 1.54) is 167 Å². The van der Waals surface area contributed by atoms with Gasteiger partial charge in [0.1, 0.15) is 5.78 Å². The van der Waals surface area contributed by atoms with Crippen molar-refractivity contribution in [3.8, 4) is 0 Å². The molecule has 0 N–H and O–H groups in total. The number of hydrogen-bond donors (Lipinski definition) is 0. The summed E-state index contributed by atoms with van der Waals surface area (Å²) >= 11 is 0. The molecular weight excluding hydrogens is 436 g/mol. The highest BCUT2D eigenvalue weighted by molar-refractivity contribution is 5.75. The standard InChI is InChI=1S/C35H66O/c1-3-4-5-6-7-8-9-10-11-12-13-14-15-16-17-18-19-20-21-22-23-24-25-26-27-28-29-30-31-32-33-34-35(2)36/h16-17,21-22H,3-15,18-20,23-34H2,1-2H3/b17-16+,22-21+. The Bertz CT molecular complexity index is 475. The summed E-state index contributed by atoms with van der Waals surface area (Å²) in [6.45, 7) is 4.00. The van der Waals surface area contributed by atoms with Crippen LogP contribution < -0.4 is 0 Å². The lowest BCUT2D eigenvalue weighted by Crippen LogP contribution is -1.89. The Labute approximate surface area is 228 Å². The van der Waals surface area contributed by atoms with Crippen LogP contribution in [0.2, 0.25) is 0 Å². The molecule has 0 aromatic carbocycles. The van der Waals surface area contributed by atoms with Gasteiger partial charge in [0.05, 0.1) is 0 Å². The number of carbonyl (C=O) groups is 1. The van der Waals surface area contributed by atoms with Crippen molar-refractivity contribution in [1.29, 1.82) is 0 Å². The fourth-order valence-corrected chi connectivity index (χ4v) is 4.98. The molecule has 0 saturated carbocycles. The van der Waals surface area contributed by atoms with Gasteiger partial charge in [0.25, 0.3) is 0 Å². The quantitative estimate of drug-likeness (QED) is 0.0704. The lowest BCUT2D eigenvalue weighted by Gasteiger charge is -2.02. The average molecular weight is 503 g/mol. The van der Waals surface area contributed by atoms with Crippen LogP contribution in [0.3, 0.4) is 0 Å². The minimum atomic E-state index is 0.345. The fourth-order valence-electron chi connectivity index (χ4n) is 4.98. The Morgan fingerprint density at radius 1 is 0.389 bits per heavy atom. The first kappa shape index (κ1) is 35.2. The topological polar surface area (TPSA) is 17.1 Å². The van der Waals surface area contributed by atoms with E-state index < -0.39 is 0 Å². The van der Waals surface area contributed by atoms with Crippen molar-refractivity contribution in [2.24, 2.45) is 0 Å². The highest BCUT2D eigenvalue weighted by Crippen LogP contribution is 2.14. The molecule has 0 aromatic rings. The zero-order chi connectivity index (χ0) is 26.2. The van der Waals surface area contributed by atoms with E-state index >= 15 is 0 Å². The number of Topliss-reactive ketones (excluding diaryl/α,β-unsaturated/α-hetero) is 1. The average Bonchev–Trinajstić information content (AvgIpc) is 2.87. The van der Waals surface area contributed by atoms with Crippen LogP contribution in [0.15, 0.2) is 24.3 Å². The maximum absolute atomic E-state index is 10.9. The fraction of sp³-hybridized carbons (Fsp3) is 0.857. The van der Waals surface area contributed by atoms with E-state index in [1.54, 1.807) is 6.92 Å². The predicted octanol–water partition coefficient (Wildman–Crippen LogP) is 12.6. The predicted molar refractivity (Wildman–Crippen MR) is 164 cm³/mol. The monoisotopic (exact) mass is 503 g/mol. The molecule has 0 aliphatic carbocycles. The molecule has 212 valence electrons. The maximum atomic E-state index is 10.9. The van der Waals surface area contributed by atoms with E-state index in [4.69, 9.17) is 0 Å². The molecule has 0 radical (unpaired) electrons. The van der Waals surface area contributed by atoms with Gasteiger partial charge in [-0.05, 0) is 58.3 Å². The van der Waals surface area contributed by atoms with E-state index in [0.717, 1.165) is 12.8 Å². The van der Waals surface area contributed by atoms with Gasteiger partial charge in [-0.25, -0.2) is 0 Å². The first-order valence-corrected chi connectivity index (χ1v) is 16.6. The molecule has 0 amide bonds. The number of ketones is 1. The van der Waals surface area contributed by atoms with Gasteiger partial charge in [0.15, 0.2) is 0 Å².